The first kappa shape index (κ1) is 17.2. The molecule has 3 rings (SSSR count). The van der Waals surface area contributed by atoms with Gasteiger partial charge in [0, 0.05) is 5.69 Å². The number of anilines is 1. The predicted molar refractivity (Wildman–Crippen MR) is 97.5 cm³/mol. The number of carbonyl (C=O) groups excluding carboxylic acids is 2. The fraction of sp³-hybridized carbons (Fsp3) is 0.333. The van der Waals surface area contributed by atoms with Crippen molar-refractivity contribution >= 4 is 17.6 Å². The van der Waals surface area contributed by atoms with Crippen molar-refractivity contribution in [2.45, 2.75) is 38.5 Å². The first-order valence-electron chi connectivity index (χ1n) is 8.80. The zero-order valence-corrected chi connectivity index (χ0v) is 14.5. The monoisotopic (exact) mass is 337 g/mol. The summed E-state index contributed by atoms with van der Waals surface area (Å²) >= 11 is 0. The number of nitrogens with one attached hydrogen (secondary N) is 1. The zero-order valence-electron chi connectivity index (χ0n) is 14.5. The molecule has 0 radical (unpaired) electrons. The molecule has 0 saturated carbocycles. The summed E-state index contributed by atoms with van der Waals surface area (Å²) in [5.41, 5.74) is 4.33. The molecule has 0 saturated heterocycles. The quantitative estimate of drug-likeness (QED) is 0.815. The highest BCUT2D eigenvalue weighted by Crippen LogP contribution is 2.25. The molecule has 0 heterocycles. The number of aryl methyl sites for hydroxylation is 2. The molecule has 4 heteroatoms. The first-order valence-corrected chi connectivity index (χ1v) is 8.80. The lowest BCUT2D eigenvalue weighted by Crippen LogP contribution is -2.24. The van der Waals surface area contributed by atoms with Gasteiger partial charge in [-0.25, -0.2) is 0 Å². The average molecular weight is 337 g/mol. The van der Waals surface area contributed by atoms with E-state index >= 15 is 0 Å². The molecule has 1 unspecified atom stereocenters. The van der Waals surface area contributed by atoms with E-state index in [1.54, 1.807) is 0 Å². The second-order valence-electron chi connectivity index (χ2n) is 6.36. The fourth-order valence-corrected chi connectivity index (χ4v) is 3.31. The van der Waals surface area contributed by atoms with Crippen LogP contribution in [0.25, 0.3) is 0 Å². The maximum atomic E-state index is 12.3. The highest BCUT2D eigenvalue weighted by atomic mass is 16.5. The molecule has 2 aromatic rings. The number of hydrogen-bond acceptors (Lipinski definition) is 3. The van der Waals surface area contributed by atoms with Gasteiger partial charge >= 0.3 is 5.97 Å². The lowest BCUT2D eigenvalue weighted by molar-refractivity contribution is -0.149. The van der Waals surface area contributed by atoms with Crippen LogP contribution in [0.15, 0.2) is 48.5 Å². The van der Waals surface area contributed by atoms with Gasteiger partial charge in [-0.2, -0.15) is 0 Å². The van der Waals surface area contributed by atoms with E-state index < -0.39 is 0 Å². The van der Waals surface area contributed by atoms with Crippen molar-refractivity contribution in [1.29, 1.82) is 0 Å². The Morgan fingerprint density at radius 1 is 1.08 bits per heavy atom. The highest BCUT2D eigenvalue weighted by molar-refractivity contribution is 5.93. The van der Waals surface area contributed by atoms with Gasteiger partial charge in [-0.05, 0) is 54.5 Å². The van der Waals surface area contributed by atoms with E-state index in [0.29, 0.717) is 6.42 Å². The molecule has 1 amide bonds. The van der Waals surface area contributed by atoms with Gasteiger partial charge in [0.05, 0.1) is 5.92 Å². The number of fused-ring (bicyclic) bond motifs is 1. The maximum Gasteiger partial charge on any atom is 0.313 e. The molecular weight excluding hydrogens is 314 g/mol. The van der Waals surface area contributed by atoms with Gasteiger partial charge in [-0.15, -0.1) is 0 Å². The zero-order chi connectivity index (χ0) is 17.6. The molecular formula is C21H23NO3. The lowest BCUT2D eigenvalue weighted by atomic mass is 9.97. The van der Waals surface area contributed by atoms with E-state index in [4.69, 9.17) is 4.74 Å². The van der Waals surface area contributed by atoms with Gasteiger partial charge < -0.3 is 10.1 Å². The second kappa shape index (κ2) is 7.97. The van der Waals surface area contributed by atoms with Gasteiger partial charge in [0.2, 0.25) is 0 Å². The fourth-order valence-electron chi connectivity index (χ4n) is 3.31. The second-order valence-corrected chi connectivity index (χ2v) is 6.36. The Hall–Kier alpha value is -2.62. The minimum Gasteiger partial charge on any atom is -0.455 e. The smallest absolute Gasteiger partial charge is 0.313 e. The van der Waals surface area contributed by atoms with E-state index in [-0.39, 0.29) is 24.4 Å². The Balaban J connectivity index is 1.54. The predicted octanol–water partition coefficient (Wildman–Crippen LogP) is 3.85. The van der Waals surface area contributed by atoms with E-state index in [1.165, 1.54) is 17.5 Å². The third kappa shape index (κ3) is 4.27. The van der Waals surface area contributed by atoms with E-state index in [0.717, 1.165) is 24.1 Å². The van der Waals surface area contributed by atoms with Crippen LogP contribution >= 0.6 is 0 Å². The molecule has 1 aliphatic rings. The Morgan fingerprint density at radius 3 is 2.60 bits per heavy atom. The molecule has 4 nitrogen and oxygen atoms in total. The molecule has 1 N–H and O–H groups in total. The van der Waals surface area contributed by atoms with Gasteiger partial charge in [0.25, 0.3) is 5.91 Å². The summed E-state index contributed by atoms with van der Waals surface area (Å²) in [7, 11) is 0. The van der Waals surface area contributed by atoms with Crippen LogP contribution in [0, 0.1) is 0 Å². The Labute approximate surface area is 148 Å². The van der Waals surface area contributed by atoms with Crippen LogP contribution in [0.5, 0.6) is 0 Å². The Bertz CT molecular complexity index is 755. The van der Waals surface area contributed by atoms with Gasteiger partial charge in [-0.1, -0.05) is 43.3 Å². The van der Waals surface area contributed by atoms with Crippen molar-refractivity contribution in [2.75, 3.05) is 11.9 Å². The third-order valence-electron chi connectivity index (χ3n) is 4.62. The number of carbonyl (C=O) groups is 2. The number of esters is 1. The van der Waals surface area contributed by atoms with Crippen LogP contribution in [-0.4, -0.2) is 18.5 Å². The topological polar surface area (TPSA) is 55.4 Å². The number of rotatable bonds is 6. The molecule has 2 aromatic carbocycles. The molecule has 25 heavy (non-hydrogen) atoms. The minimum absolute atomic E-state index is 0.265. The Kier molecular flexibility index (Phi) is 5.49. The minimum atomic E-state index is -0.363. The summed E-state index contributed by atoms with van der Waals surface area (Å²) in [5, 5.41) is 2.81. The average Bonchev–Trinajstić information content (AvgIpc) is 3.09. The van der Waals surface area contributed by atoms with Crippen molar-refractivity contribution in [3.63, 3.8) is 0 Å². The molecule has 0 bridgehead atoms. The molecule has 0 spiro atoms. The van der Waals surface area contributed by atoms with Crippen LogP contribution in [0.1, 0.15) is 42.4 Å². The Morgan fingerprint density at radius 2 is 1.84 bits per heavy atom. The van der Waals surface area contributed by atoms with Crippen LogP contribution in [-0.2, 0) is 27.2 Å². The molecule has 0 aromatic heterocycles. The summed E-state index contributed by atoms with van der Waals surface area (Å²) in [6, 6.07) is 15.5. The van der Waals surface area contributed by atoms with Crippen molar-refractivity contribution in [2.24, 2.45) is 0 Å². The van der Waals surface area contributed by atoms with Gasteiger partial charge in [0.15, 0.2) is 6.61 Å². The van der Waals surface area contributed by atoms with Crippen molar-refractivity contribution in [3.8, 4) is 0 Å². The summed E-state index contributed by atoms with van der Waals surface area (Å²) in [6.45, 7) is 1.67. The number of amides is 1. The largest absolute Gasteiger partial charge is 0.455 e. The molecule has 1 aliphatic carbocycles. The van der Waals surface area contributed by atoms with Gasteiger partial charge in [-0.3, -0.25) is 9.59 Å². The van der Waals surface area contributed by atoms with E-state index in [1.807, 2.05) is 49.4 Å². The number of hydrogen-bond donors (Lipinski definition) is 1. The standard InChI is InChI=1S/C21H23NO3/c1-2-19(16-7-4-3-5-8-16)21(24)25-14-20(23)22-18-12-11-15-9-6-10-17(15)13-18/h3-5,7-8,11-13,19H,2,6,9-10,14H2,1H3,(H,22,23). The molecule has 130 valence electrons. The van der Waals surface area contributed by atoms with E-state index in [2.05, 4.69) is 11.4 Å². The summed E-state index contributed by atoms with van der Waals surface area (Å²) in [6.07, 6.45) is 3.97. The van der Waals surface area contributed by atoms with Crippen LogP contribution in [0.3, 0.4) is 0 Å². The number of ether oxygens (including phenoxy) is 1. The maximum absolute atomic E-state index is 12.3. The third-order valence-corrected chi connectivity index (χ3v) is 4.62. The summed E-state index contributed by atoms with van der Waals surface area (Å²) in [4.78, 5) is 24.4. The SMILES string of the molecule is CCC(C(=O)OCC(=O)Nc1ccc2c(c1)CCC2)c1ccccc1. The van der Waals surface area contributed by atoms with Crippen LogP contribution in [0.4, 0.5) is 5.69 Å². The highest BCUT2D eigenvalue weighted by Gasteiger charge is 2.21. The molecule has 0 fully saturated rings. The van der Waals surface area contributed by atoms with Gasteiger partial charge in [0.1, 0.15) is 0 Å². The van der Waals surface area contributed by atoms with Crippen molar-refractivity contribution in [1.82, 2.24) is 0 Å². The summed E-state index contributed by atoms with van der Waals surface area (Å²) < 4.78 is 5.23. The number of benzene rings is 2. The normalized spacial score (nSPS) is 13.8. The van der Waals surface area contributed by atoms with Crippen LogP contribution in [0.2, 0.25) is 0 Å². The van der Waals surface area contributed by atoms with Crippen LogP contribution < -0.4 is 5.32 Å². The van der Waals surface area contributed by atoms with E-state index in [9.17, 15) is 9.59 Å². The molecule has 1 atom stereocenters. The first-order chi connectivity index (χ1) is 12.2. The lowest BCUT2D eigenvalue weighted by Gasteiger charge is -2.14. The van der Waals surface area contributed by atoms with Crippen molar-refractivity contribution < 1.29 is 14.3 Å². The molecule has 0 aliphatic heterocycles. The van der Waals surface area contributed by atoms with Crippen molar-refractivity contribution in [3.05, 3.63) is 65.2 Å². The summed E-state index contributed by atoms with van der Waals surface area (Å²) in [5.74, 6) is -1.01.